The molecule has 0 aromatic heterocycles. The minimum absolute atomic E-state index is 0.176. The number of nitrogens with one attached hydrogen (secondary N) is 1. The molecule has 1 aromatic carbocycles. The smallest absolute Gasteiger partial charge is 0.325 e. The normalized spacial score (nSPS) is 29.1. The van der Waals surface area contributed by atoms with Crippen LogP contribution in [0.15, 0.2) is 28.7 Å². The fourth-order valence-corrected chi connectivity index (χ4v) is 4.34. The number of carbonyl (C=O) groups excluding carboxylic acids is 3. The molecule has 26 heavy (non-hydrogen) atoms. The Morgan fingerprint density at radius 3 is 2.54 bits per heavy atom. The van der Waals surface area contributed by atoms with Crippen molar-refractivity contribution in [2.24, 2.45) is 11.8 Å². The maximum Gasteiger partial charge on any atom is 0.325 e. The van der Waals surface area contributed by atoms with Gasteiger partial charge in [-0.2, -0.15) is 0 Å². The molecule has 0 spiro atoms. The molecule has 0 aliphatic carbocycles. The largest absolute Gasteiger partial charge is 0.341 e. The number of piperidine rings is 1. The highest BCUT2D eigenvalue weighted by molar-refractivity contribution is 9.10. The second kappa shape index (κ2) is 7.02. The zero-order valence-corrected chi connectivity index (χ0v) is 16.9. The average Bonchev–Trinajstić information content (AvgIpc) is 2.78. The molecule has 1 N–H and O–H groups in total. The number of imide groups is 1. The SMILES string of the molecule is C[C@H]1C[C@H](C)CN(C(=O)CN2C(=O)N[C@](C)(c3cccc(Br)c3)C2=O)C1. The molecule has 0 bridgehead atoms. The number of carbonyl (C=O) groups is 3. The van der Waals surface area contributed by atoms with Gasteiger partial charge in [-0.25, -0.2) is 4.79 Å². The highest BCUT2D eigenvalue weighted by Gasteiger charge is 2.49. The van der Waals surface area contributed by atoms with E-state index in [0.29, 0.717) is 30.5 Å². The maximum absolute atomic E-state index is 13.0. The van der Waals surface area contributed by atoms with Gasteiger partial charge in [0.05, 0.1) is 0 Å². The first-order valence-corrected chi connectivity index (χ1v) is 9.68. The molecule has 140 valence electrons. The molecule has 4 amide bonds. The van der Waals surface area contributed by atoms with Crippen LogP contribution in [0.3, 0.4) is 0 Å². The van der Waals surface area contributed by atoms with Crippen LogP contribution in [0, 0.1) is 11.8 Å². The summed E-state index contributed by atoms with van der Waals surface area (Å²) in [5, 5.41) is 2.75. The van der Waals surface area contributed by atoms with E-state index in [1.54, 1.807) is 24.0 Å². The number of rotatable bonds is 3. The summed E-state index contributed by atoms with van der Waals surface area (Å²) in [7, 11) is 0. The van der Waals surface area contributed by atoms with Crippen LogP contribution in [-0.4, -0.2) is 47.3 Å². The minimum atomic E-state index is -1.16. The summed E-state index contributed by atoms with van der Waals surface area (Å²) in [6.45, 7) is 7.05. The van der Waals surface area contributed by atoms with Crippen LogP contribution in [0.1, 0.15) is 32.8 Å². The van der Waals surface area contributed by atoms with Crippen LogP contribution in [0.25, 0.3) is 0 Å². The Kier molecular flexibility index (Phi) is 5.10. The summed E-state index contributed by atoms with van der Waals surface area (Å²) in [5.74, 6) is 0.285. The summed E-state index contributed by atoms with van der Waals surface area (Å²) in [5.41, 5.74) is -0.482. The first kappa shape index (κ1) is 18.9. The molecule has 2 saturated heterocycles. The Labute approximate surface area is 162 Å². The first-order valence-electron chi connectivity index (χ1n) is 8.88. The number of likely N-dealkylation sites (tertiary alicyclic amines) is 1. The van der Waals surface area contributed by atoms with Gasteiger partial charge in [0.1, 0.15) is 12.1 Å². The monoisotopic (exact) mass is 421 g/mol. The van der Waals surface area contributed by atoms with Gasteiger partial charge in [0.25, 0.3) is 5.91 Å². The molecule has 0 unspecified atom stereocenters. The van der Waals surface area contributed by atoms with Gasteiger partial charge < -0.3 is 10.2 Å². The van der Waals surface area contributed by atoms with E-state index in [9.17, 15) is 14.4 Å². The molecule has 2 fully saturated rings. The van der Waals surface area contributed by atoms with Crippen molar-refractivity contribution in [1.82, 2.24) is 15.1 Å². The standard InChI is InChI=1S/C19H24BrN3O3/c1-12-7-13(2)10-22(9-12)16(24)11-23-17(25)19(3,21-18(23)26)14-5-4-6-15(20)8-14/h4-6,8,12-13H,7,9-11H2,1-3H3,(H,21,26)/t12-,13-,19+/m0/s1. The van der Waals surface area contributed by atoms with Crippen molar-refractivity contribution < 1.29 is 14.4 Å². The molecule has 1 aromatic rings. The Bertz CT molecular complexity index is 743. The van der Waals surface area contributed by atoms with Gasteiger partial charge in [-0.05, 0) is 42.9 Å². The lowest BCUT2D eigenvalue weighted by molar-refractivity contribution is -0.140. The molecule has 0 radical (unpaired) electrons. The quantitative estimate of drug-likeness (QED) is 0.762. The van der Waals surface area contributed by atoms with Gasteiger partial charge in [-0.1, -0.05) is 41.9 Å². The van der Waals surface area contributed by atoms with Crippen LogP contribution < -0.4 is 5.32 Å². The zero-order valence-electron chi connectivity index (χ0n) is 15.3. The Morgan fingerprint density at radius 2 is 1.92 bits per heavy atom. The van der Waals surface area contributed by atoms with E-state index in [2.05, 4.69) is 35.1 Å². The topological polar surface area (TPSA) is 69.7 Å². The van der Waals surface area contributed by atoms with Gasteiger partial charge in [0.15, 0.2) is 0 Å². The van der Waals surface area contributed by atoms with Crippen molar-refractivity contribution in [1.29, 1.82) is 0 Å². The van der Waals surface area contributed by atoms with Crippen molar-refractivity contribution >= 4 is 33.8 Å². The Balaban J connectivity index is 1.76. The molecular formula is C19H24BrN3O3. The van der Waals surface area contributed by atoms with E-state index in [-0.39, 0.29) is 12.5 Å². The van der Waals surface area contributed by atoms with Crippen LogP contribution in [0.5, 0.6) is 0 Å². The van der Waals surface area contributed by atoms with Crippen LogP contribution in [0.4, 0.5) is 4.79 Å². The fraction of sp³-hybridized carbons (Fsp3) is 0.526. The third-order valence-corrected chi connectivity index (χ3v) is 5.69. The number of nitrogens with zero attached hydrogens (tertiary/aromatic N) is 2. The molecule has 2 heterocycles. The number of urea groups is 1. The van der Waals surface area contributed by atoms with Crippen LogP contribution in [-0.2, 0) is 15.1 Å². The highest BCUT2D eigenvalue weighted by Crippen LogP contribution is 2.30. The van der Waals surface area contributed by atoms with E-state index >= 15 is 0 Å². The predicted octanol–water partition coefficient (Wildman–Crippen LogP) is 2.72. The number of hydrogen-bond acceptors (Lipinski definition) is 3. The van der Waals surface area contributed by atoms with Crippen molar-refractivity contribution in [3.05, 3.63) is 34.3 Å². The molecule has 0 saturated carbocycles. The van der Waals surface area contributed by atoms with Gasteiger partial charge in [-0.3, -0.25) is 14.5 Å². The van der Waals surface area contributed by atoms with E-state index in [4.69, 9.17) is 0 Å². The average molecular weight is 422 g/mol. The minimum Gasteiger partial charge on any atom is -0.341 e. The van der Waals surface area contributed by atoms with Gasteiger partial charge in [-0.15, -0.1) is 0 Å². The first-order chi connectivity index (χ1) is 12.2. The molecular weight excluding hydrogens is 398 g/mol. The molecule has 3 rings (SSSR count). The third kappa shape index (κ3) is 3.49. The number of benzene rings is 1. The molecule has 2 aliphatic rings. The van der Waals surface area contributed by atoms with Crippen molar-refractivity contribution in [2.75, 3.05) is 19.6 Å². The predicted molar refractivity (Wildman–Crippen MR) is 101 cm³/mol. The van der Waals surface area contributed by atoms with Gasteiger partial charge in [0, 0.05) is 17.6 Å². The Hall–Kier alpha value is -1.89. The van der Waals surface area contributed by atoms with Gasteiger partial charge in [0.2, 0.25) is 5.91 Å². The summed E-state index contributed by atoms with van der Waals surface area (Å²) in [6.07, 6.45) is 1.09. The van der Waals surface area contributed by atoms with Crippen LogP contribution >= 0.6 is 15.9 Å². The van der Waals surface area contributed by atoms with Crippen LogP contribution in [0.2, 0.25) is 0 Å². The Morgan fingerprint density at radius 1 is 1.27 bits per heavy atom. The van der Waals surface area contributed by atoms with E-state index in [0.717, 1.165) is 15.8 Å². The van der Waals surface area contributed by atoms with E-state index in [1.165, 1.54) is 0 Å². The van der Waals surface area contributed by atoms with E-state index < -0.39 is 17.5 Å². The summed E-state index contributed by atoms with van der Waals surface area (Å²) < 4.78 is 0.823. The zero-order chi connectivity index (χ0) is 19.1. The van der Waals surface area contributed by atoms with Gasteiger partial charge >= 0.3 is 6.03 Å². The van der Waals surface area contributed by atoms with Crippen molar-refractivity contribution in [2.45, 2.75) is 32.7 Å². The highest BCUT2D eigenvalue weighted by atomic mass is 79.9. The van der Waals surface area contributed by atoms with Crippen molar-refractivity contribution in [3.63, 3.8) is 0 Å². The van der Waals surface area contributed by atoms with Crippen molar-refractivity contribution in [3.8, 4) is 0 Å². The second-order valence-electron chi connectivity index (χ2n) is 7.70. The lowest BCUT2D eigenvalue weighted by atomic mass is 9.91. The molecule has 3 atom stereocenters. The molecule has 2 aliphatic heterocycles. The summed E-state index contributed by atoms with van der Waals surface area (Å²) >= 11 is 3.39. The third-order valence-electron chi connectivity index (χ3n) is 5.19. The molecule has 7 heteroatoms. The number of amides is 4. The number of hydrogen-bond donors (Lipinski definition) is 1. The second-order valence-corrected chi connectivity index (χ2v) is 8.62. The summed E-state index contributed by atoms with van der Waals surface area (Å²) in [6, 6.07) is 6.74. The lowest BCUT2D eigenvalue weighted by Gasteiger charge is -2.35. The summed E-state index contributed by atoms with van der Waals surface area (Å²) in [4.78, 5) is 40.9. The fourth-order valence-electron chi connectivity index (χ4n) is 3.94. The maximum atomic E-state index is 13.0. The lowest BCUT2D eigenvalue weighted by Crippen LogP contribution is -2.48. The van der Waals surface area contributed by atoms with E-state index in [1.807, 2.05) is 12.1 Å². The number of halogens is 1. The molecule has 6 nitrogen and oxygen atoms in total.